The number of nitrogen functional groups attached to an aromatic ring is 1. The fourth-order valence-corrected chi connectivity index (χ4v) is 8.12. The lowest BCUT2D eigenvalue weighted by atomic mass is 9.87. The number of nitrogens with two attached hydrogens (primary N) is 1. The molecule has 0 aromatic heterocycles. The summed E-state index contributed by atoms with van der Waals surface area (Å²) in [5.41, 5.74) is 6.37. The van der Waals surface area contributed by atoms with Crippen LogP contribution >= 0.6 is 0 Å². The maximum absolute atomic E-state index is 14.2. The second kappa shape index (κ2) is 16.1. The molecule has 260 valence electrons. The Labute approximate surface area is 277 Å². The van der Waals surface area contributed by atoms with Gasteiger partial charge in [0.05, 0.1) is 42.9 Å². The topological polar surface area (TPSA) is 184 Å². The second-order valence-corrected chi connectivity index (χ2v) is 14.8. The summed E-state index contributed by atoms with van der Waals surface area (Å²) in [4.78, 5) is 25.6. The number of nitrogens with one attached hydrogen (secondary N) is 1. The first-order valence-electron chi connectivity index (χ1n) is 16.0. The average Bonchev–Trinajstić information content (AvgIpc) is 3.64. The molecule has 14 heteroatoms. The van der Waals surface area contributed by atoms with Gasteiger partial charge in [-0.15, -0.1) is 0 Å². The van der Waals surface area contributed by atoms with E-state index in [4.69, 9.17) is 19.9 Å². The number of benzene rings is 2. The Morgan fingerprint density at radius 3 is 2.60 bits per heavy atom. The Hall–Kier alpha value is -3.43. The largest absolute Gasteiger partial charge is 0.530 e. The molecule has 2 aliphatic heterocycles. The molecule has 2 fully saturated rings. The van der Waals surface area contributed by atoms with Gasteiger partial charge in [-0.25, -0.2) is 13.2 Å². The number of hydrogen-bond acceptors (Lipinski definition) is 10. The van der Waals surface area contributed by atoms with Crippen molar-refractivity contribution in [2.24, 2.45) is 11.3 Å². The van der Waals surface area contributed by atoms with Crippen molar-refractivity contribution in [2.75, 3.05) is 45.2 Å². The van der Waals surface area contributed by atoms with Crippen LogP contribution in [0.15, 0.2) is 59.5 Å². The molecule has 2 saturated heterocycles. The third-order valence-electron chi connectivity index (χ3n) is 8.73. The molecule has 2 amide bonds. The van der Waals surface area contributed by atoms with Crippen LogP contribution in [0, 0.1) is 11.3 Å². The monoisotopic (exact) mass is 675 g/mol. The van der Waals surface area contributed by atoms with Crippen LogP contribution in [0.2, 0.25) is 0 Å². The second-order valence-electron chi connectivity index (χ2n) is 12.9. The van der Waals surface area contributed by atoms with Gasteiger partial charge in [0, 0.05) is 31.2 Å². The van der Waals surface area contributed by atoms with E-state index in [-0.39, 0.29) is 42.7 Å². The molecule has 0 unspecified atom stereocenters. The highest BCUT2D eigenvalue weighted by atomic mass is 32.2. The third-order valence-corrected chi connectivity index (χ3v) is 10.5. The molecule has 2 heterocycles. The maximum Gasteiger partial charge on any atom is 0.407 e. The van der Waals surface area contributed by atoms with Gasteiger partial charge in [0.2, 0.25) is 10.0 Å². The molecule has 13 nitrogen and oxygen atoms in total. The molecular weight excluding hydrogens is 628 g/mol. The van der Waals surface area contributed by atoms with Crippen molar-refractivity contribution < 1.29 is 42.4 Å². The summed E-state index contributed by atoms with van der Waals surface area (Å²) >= 11 is 0. The van der Waals surface area contributed by atoms with Crippen LogP contribution in [-0.4, -0.2) is 98.8 Å². The Kier molecular flexibility index (Phi) is 12.5. The van der Waals surface area contributed by atoms with E-state index in [0.29, 0.717) is 32.4 Å². The number of aliphatic hydroxyl groups excluding tert-OH is 1. The lowest BCUT2D eigenvalue weighted by molar-refractivity contribution is -0.273. The Balaban J connectivity index is 1.64. The fraction of sp³-hybridized carbons (Fsp3) is 0.576. The molecule has 2 aromatic carbocycles. The number of anilines is 1. The summed E-state index contributed by atoms with van der Waals surface area (Å²) in [5, 5.41) is 27.5. The molecule has 2 aromatic rings. The molecule has 0 radical (unpaired) electrons. The first-order chi connectivity index (χ1) is 22.3. The summed E-state index contributed by atoms with van der Waals surface area (Å²) in [7, 11) is -4.21. The van der Waals surface area contributed by atoms with E-state index in [1.165, 1.54) is 16.4 Å². The number of aliphatic hydroxyl groups is 1. The highest BCUT2D eigenvalue weighted by Gasteiger charge is 2.47. The molecule has 4 N–H and O–H groups in total. The predicted octanol–water partition coefficient (Wildman–Crippen LogP) is 2.19. The number of sulfonamides is 1. The predicted molar refractivity (Wildman–Crippen MR) is 172 cm³/mol. The Bertz CT molecular complexity index is 1440. The highest BCUT2D eigenvalue weighted by molar-refractivity contribution is 7.89. The number of carboxylic acid groups (broad SMARTS) is 1. The van der Waals surface area contributed by atoms with Crippen LogP contribution in [0.5, 0.6) is 0 Å². The van der Waals surface area contributed by atoms with E-state index in [2.05, 4.69) is 5.32 Å². The molecule has 0 saturated carbocycles. The lowest BCUT2D eigenvalue weighted by Crippen LogP contribution is -2.61. The van der Waals surface area contributed by atoms with Crippen molar-refractivity contribution >= 4 is 27.9 Å². The molecular formula is C33H47N4O9S-. The normalized spacial score (nSPS) is 20.8. The number of nitrogens with zero attached hydrogens (tertiary/aromatic N) is 2. The van der Waals surface area contributed by atoms with Gasteiger partial charge in [0.25, 0.3) is 0 Å². The first-order valence-corrected chi connectivity index (χ1v) is 17.5. The first kappa shape index (κ1) is 36.4. The zero-order valence-electron chi connectivity index (χ0n) is 27.2. The number of carbonyl (C=O) groups excluding carboxylic acids is 2. The Morgan fingerprint density at radius 1 is 1.17 bits per heavy atom. The standard InChI is InChI=1S/C33H48N4O9S/c1-4-44-31(39)35-16-9-15-33(2,3)22-36(47(42,43)25-13-8-12-24(34)19-25)20-29(38)27(18-23-10-6-5-7-11-23)37(32(40)41)28-21-46-30-26(28)14-17-45-30/h5-8,10-13,19,26-30,38H,4,9,14-18,20-22,34H2,1-3H3,(H,35,39)(H,40,41)/p-1/t26-,27-,28-,29+,30+/m0/s1. The number of ether oxygens (including phenoxy) is 3. The molecule has 2 aliphatic rings. The summed E-state index contributed by atoms with van der Waals surface area (Å²) in [5.74, 6) is -0.243. The van der Waals surface area contributed by atoms with Crippen molar-refractivity contribution in [1.82, 2.24) is 14.5 Å². The summed E-state index contributed by atoms with van der Waals surface area (Å²) in [6, 6.07) is 13.3. The summed E-state index contributed by atoms with van der Waals surface area (Å²) < 4.78 is 45.9. The summed E-state index contributed by atoms with van der Waals surface area (Å²) in [6.45, 7) is 6.19. The molecule has 4 rings (SSSR count). The third kappa shape index (κ3) is 9.57. The van der Waals surface area contributed by atoms with Crippen LogP contribution in [-0.2, 0) is 30.7 Å². The zero-order valence-corrected chi connectivity index (χ0v) is 28.1. The number of amides is 2. The SMILES string of the molecule is CCOC(=O)NCCCC(C)(C)CN(C[C@@H](O)[C@H](Cc1ccccc1)N(C(=O)[O-])[C@H]1CO[C@H]2OCC[C@H]21)S(=O)(=O)c1cccc(N)c1. The number of hydrogen-bond donors (Lipinski definition) is 3. The van der Waals surface area contributed by atoms with Crippen molar-refractivity contribution in [3.05, 3.63) is 60.2 Å². The molecule has 5 atom stereocenters. The van der Waals surface area contributed by atoms with E-state index in [1.54, 1.807) is 19.1 Å². The van der Waals surface area contributed by atoms with E-state index in [0.717, 1.165) is 10.5 Å². The van der Waals surface area contributed by atoms with Crippen LogP contribution in [0.1, 0.15) is 45.6 Å². The highest BCUT2D eigenvalue weighted by Crippen LogP contribution is 2.36. The Morgan fingerprint density at radius 2 is 1.91 bits per heavy atom. The minimum absolute atomic E-state index is 0.00490. The van der Waals surface area contributed by atoms with Crippen molar-refractivity contribution in [1.29, 1.82) is 0 Å². The quantitative estimate of drug-likeness (QED) is 0.176. The number of alkyl carbamates (subject to hydrolysis) is 1. The van der Waals surface area contributed by atoms with Crippen LogP contribution < -0.4 is 16.2 Å². The number of fused-ring (bicyclic) bond motifs is 1. The van der Waals surface area contributed by atoms with Crippen molar-refractivity contribution in [3.63, 3.8) is 0 Å². The molecule has 47 heavy (non-hydrogen) atoms. The number of rotatable bonds is 16. The van der Waals surface area contributed by atoms with Gasteiger partial charge in [-0.1, -0.05) is 50.2 Å². The smallest absolute Gasteiger partial charge is 0.407 e. The van der Waals surface area contributed by atoms with Crippen molar-refractivity contribution in [2.45, 2.75) is 75.8 Å². The van der Waals surface area contributed by atoms with Crippen LogP contribution in [0.4, 0.5) is 15.3 Å². The van der Waals surface area contributed by atoms with Gasteiger partial charge < -0.3 is 45.2 Å². The van der Waals surface area contributed by atoms with E-state index >= 15 is 0 Å². The van der Waals surface area contributed by atoms with E-state index < -0.39 is 58.6 Å². The van der Waals surface area contributed by atoms with Crippen LogP contribution in [0.3, 0.4) is 0 Å². The minimum Gasteiger partial charge on any atom is -0.530 e. The maximum atomic E-state index is 14.2. The molecule has 0 spiro atoms. The van der Waals surface area contributed by atoms with Gasteiger partial charge in [-0.3, -0.25) is 0 Å². The van der Waals surface area contributed by atoms with E-state index in [1.807, 2.05) is 44.2 Å². The van der Waals surface area contributed by atoms with Gasteiger partial charge in [-0.05, 0) is 61.8 Å². The van der Waals surface area contributed by atoms with Gasteiger partial charge in [0.1, 0.15) is 6.09 Å². The zero-order chi connectivity index (χ0) is 34.2. The van der Waals surface area contributed by atoms with Gasteiger partial charge in [0.15, 0.2) is 6.29 Å². The minimum atomic E-state index is -4.21. The van der Waals surface area contributed by atoms with Crippen LogP contribution in [0.25, 0.3) is 0 Å². The van der Waals surface area contributed by atoms with Gasteiger partial charge in [-0.2, -0.15) is 4.31 Å². The van der Waals surface area contributed by atoms with E-state index in [9.17, 15) is 28.2 Å². The van der Waals surface area contributed by atoms with Crippen molar-refractivity contribution in [3.8, 4) is 0 Å². The number of carbonyl (C=O) groups is 2. The average molecular weight is 676 g/mol. The fourth-order valence-electron chi connectivity index (χ4n) is 6.42. The molecule has 0 bridgehead atoms. The summed E-state index contributed by atoms with van der Waals surface area (Å²) in [6.07, 6.45) is -2.23. The van der Waals surface area contributed by atoms with Gasteiger partial charge >= 0.3 is 6.09 Å². The molecule has 0 aliphatic carbocycles. The lowest BCUT2D eigenvalue weighted by Gasteiger charge is -2.43.